The van der Waals surface area contributed by atoms with Crippen LogP contribution in [0.4, 0.5) is 0 Å². The lowest BCUT2D eigenvalue weighted by atomic mass is 9.89. The standard InChI is InChI=1S/C12H16N6O2/c1-3-13-4-2-12(1)5-9(8-19-12)20-11-7-14-6-10-15-16-17-18(10)11/h6-7,9,13H,1-5,8H2. The molecule has 0 amide bonds. The molecular formula is C12H16N6O2. The Hall–Kier alpha value is -1.80. The SMILES string of the molecule is c1ncc2nnnn2c1OC1COC2(CCNCC2)C1. The number of piperidine rings is 1. The van der Waals surface area contributed by atoms with Crippen LogP contribution in [0.15, 0.2) is 12.4 Å². The van der Waals surface area contributed by atoms with Gasteiger partial charge in [0.05, 0.1) is 24.6 Å². The number of ether oxygens (including phenoxy) is 2. The number of hydrogen-bond donors (Lipinski definition) is 1. The van der Waals surface area contributed by atoms with Crippen molar-refractivity contribution in [3.05, 3.63) is 12.4 Å². The number of nitrogens with one attached hydrogen (secondary N) is 1. The third-order valence-corrected chi connectivity index (χ3v) is 4.05. The van der Waals surface area contributed by atoms with Crippen molar-refractivity contribution in [3.63, 3.8) is 0 Å². The maximum Gasteiger partial charge on any atom is 0.237 e. The summed E-state index contributed by atoms with van der Waals surface area (Å²) in [6, 6.07) is 0. The third-order valence-electron chi connectivity index (χ3n) is 4.05. The van der Waals surface area contributed by atoms with Gasteiger partial charge in [0.25, 0.3) is 0 Å². The summed E-state index contributed by atoms with van der Waals surface area (Å²) in [5.74, 6) is 0.562. The van der Waals surface area contributed by atoms with Crippen molar-refractivity contribution >= 4 is 5.65 Å². The zero-order valence-corrected chi connectivity index (χ0v) is 11.0. The molecule has 2 aliphatic rings. The normalized spacial score (nSPS) is 25.3. The lowest BCUT2D eigenvalue weighted by molar-refractivity contribution is -0.0206. The van der Waals surface area contributed by atoms with Crippen LogP contribution in [0.1, 0.15) is 19.3 Å². The first kappa shape index (κ1) is 12.0. The fourth-order valence-electron chi connectivity index (χ4n) is 3.01. The van der Waals surface area contributed by atoms with E-state index < -0.39 is 0 Å². The maximum atomic E-state index is 6.01. The number of aromatic nitrogens is 5. The molecule has 2 saturated heterocycles. The van der Waals surface area contributed by atoms with Gasteiger partial charge in [0.15, 0.2) is 0 Å². The Morgan fingerprint density at radius 1 is 1.35 bits per heavy atom. The van der Waals surface area contributed by atoms with E-state index in [9.17, 15) is 0 Å². The molecule has 0 bridgehead atoms. The van der Waals surface area contributed by atoms with Crippen molar-refractivity contribution in [2.45, 2.75) is 31.0 Å². The molecule has 0 radical (unpaired) electrons. The highest BCUT2D eigenvalue weighted by atomic mass is 16.6. The second kappa shape index (κ2) is 4.64. The Balaban J connectivity index is 1.51. The minimum absolute atomic E-state index is 0.0160. The Bertz CT molecular complexity index is 609. The molecule has 2 aliphatic heterocycles. The Morgan fingerprint density at radius 2 is 2.25 bits per heavy atom. The van der Waals surface area contributed by atoms with E-state index in [1.54, 1.807) is 16.9 Å². The van der Waals surface area contributed by atoms with E-state index in [4.69, 9.17) is 9.47 Å². The van der Waals surface area contributed by atoms with E-state index in [1.165, 1.54) is 0 Å². The van der Waals surface area contributed by atoms with Gasteiger partial charge in [-0.2, -0.15) is 4.52 Å². The predicted octanol–water partition coefficient (Wildman–Crippen LogP) is -0.191. The topological polar surface area (TPSA) is 86.5 Å². The zero-order valence-electron chi connectivity index (χ0n) is 11.0. The molecule has 8 heteroatoms. The summed E-state index contributed by atoms with van der Waals surface area (Å²) in [6.07, 6.45) is 6.26. The van der Waals surface area contributed by atoms with Crippen LogP contribution in [-0.4, -0.2) is 56.4 Å². The van der Waals surface area contributed by atoms with Crippen molar-refractivity contribution in [2.24, 2.45) is 0 Å². The van der Waals surface area contributed by atoms with Crippen LogP contribution in [0.2, 0.25) is 0 Å². The number of hydrogen-bond acceptors (Lipinski definition) is 7. The molecule has 1 unspecified atom stereocenters. The molecule has 2 aromatic heterocycles. The third kappa shape index (κ3) is 2.01. The minimum Gasteiger partial charge on any atom is -0.471 e. The lowest BCUT2D eigenvalue weighted by Gasteiger charge is -2.32. The summed E-state index contributed by atoms with van der Waals surface area (Å²) >= 11 is 0. The number of tetrazole rings is 1. The molecule has 4 heterocycles. The van der Waals surface area contributed by atoms with Crippen LogP contribution in [0.5, 0.6) is 5.88 Å². The molecular weight excluding hydrogens is 260 g/mol. The van der Waals surface area contributed by atoms with E-state index in [0.29, 0.717) is 18.1 Å². The van der Waals surface area contributed by atoms with Gasteiger partial charge in [-0.25, -0.2) is 0 Å². The highest BCUT2D eigenvalue weighted by Gasteiger charge is 2.42. The first-order valence-electron chi connectivity index (χ1n) is 6.88. The maximum absolute atomic E-state index is 6.01. The zero-order chi connectivity index (χ0) is 13.4. The molecule has 2 fully saturated rings. The second-order valence-corrected chi connectivity index (χ2v) is 5.38. The summed E-state index contributed by atoms with van der Waals surface area (Å²) in [5.41, 5.74) is 0.565. The molecule has 1 atom stereocenters. The fraction of sp³-hybridized carbons (Fsp3) is 0.667. The molecule has 106 valence electrons. The van der Waals surface area contributed by atoms with Gasteiger partial charge in [0.1, 0.15) is 6.10 Å². The van der Waals surface area contributed by atoms with E-state index in [0.717, 1.165) is 32.4 Å². The van der Waals surface area contributed by atoms with Crippen LogP contribution < -0.4 is 10.1 Å². The molecule has 0 aliphatic carbocycles. The lowest BCUT2D eigenvalue weighted by Crippen LogP contribution is -2.41. The summed E-state index contributed by atoms with van der Waals surface area (Å²) in [6.45, 7) is 2.63. The average molecular weight is 276 g/mol. The number of fused-ring (bicyclic) bond motifs is 1. The van der Waals surface area contributed by atoms with E-state index in [1.807, 2.05) is 0 Å². The van der Waals surface area contributed by atoms with Gasteiger partial charge in [0, 0.05) is 6.42 Å². The summed E-state index contributed by atoms with van der Waals surface area (Å²) in [4.78, 5) is 4.09. The predicted molar refractivity (Wildman–Crippen MR) is 68.4 cm³/mol. The molecule has 0 saturated carbocycles. The van der Waals surface area contributed by atoms with Crippen LogP contribution in [0.3, 0.4) is 0 Å². The summed E-state index contributed by atoms with van der Waals surface area (Å²) in [7, 11) is 0. The van der Waals surface area contributed by atoms with Gasteiger partial charge < -0.3 is 14.8 Å². The van der Waals surface area contributed by atoms with Crippen molar-refractivity contribution in [1.82, 2.24) is 30.3 Å². The van der Waals surface area contributed by atoms with Gasteiger partial charge in [-0.15, -0.1) is 5.10 Å². The van der Waals surface area contributed by atoms with Gasteiger partial charge in [-0.1, -0.05) is 0 Å². The average Bonchev–Trinajstić information content (AvgIpc) is 3.08. The molecule has 2 aromatic rings. The van der Waals surface area contributed by atoms with E-state index >= 15 is 0 Å². The first-order chi connectivity index (χ1) is 9.85. The number of nitrogens with zero attached hydrogens (tertiary/aromatic N) is 5. The van der Waals surface area contributed by atoms with Crippen molar-refractivity contribution in [2.75, 3.05) is 19.7 Å². The monoisotopic (exact) mass is 276 g/mol. The van der Waals surface area contributed by atoms with Gasteiger partial charge >= 0.3 is 0 Å². The molecule has 0 aromatic carbocycles. The van der Waals surface area contributed by atoms with E-state index in [2.05, 4.69) is 25.8 Å². The highest BCUT2D eigenvalue weighted by molar-refractivity contribution is 5.34. The summed E-state index contributed by atoms with van der Waals surface area (Å²) in [5, 5.41) is 14.7. The second-order valence-electron chi connectivity index (χ2n) is 5.38. The van der Waals surface area contributed by atoms with Crippen LogP contribution in [0, 0.1) is 0 Å². The first-order valence-corrected chi connectivity index (χ1v) is 6.88. The Kier molecular flexibility index (Phi) is 2.78. The molecule has 4 rings (SSSR count). The minimum atomic E-state index is -0.0160. The van der Waals surface area contributed by atoms with Crippen LogP contribution in [-0.2, 0) is 4.74 Å². The van der Waals surface area contributed by atoms with Crippen molar-refractivity contribution in [3.8, 4) is 5.88 Å². The van der Waals surface area contributed by atoms with Crippen molar-refractivity contribution in [1.29, 1.82) is 0 Å². The van der Waals surface area contributed by atoms with Gasteiger partial charge in [0.2, 0.25) is 11.5 Å². The largest absolute Gasteiger partial charge is 0.471 e. The Morgan fingerprint density at radius 3 is 3.15 bits per heavy atom. The van der Waals surface area contributed by atoms with Crippen LogP contribution >= 0.6 is 0 Å². The smallest absolute Gasteiger partial charge is 0.237 e. The molecule has 1 N–H and O–H groups in total. The summed E-state index contributed by atoms with van der Waals surface area (Å²) < 4.78 is 13.6. The Labute approximate surface area is 115 Å². The van der Waals surface area contributed by atoms with Gasteiger partial charge in [-0.3, -0.25) is 4.98 Å². The van der Waals surface area contributed by atoms with E-state index in [-0.39, 0.29) is 11.7 Å². The van der Waals surface area contributed by atoms with Crippen molar-refractivity contribution < 1.29 is 9.47 Å². The van der Waals surface area contributed by atoms with Gasteiger partial charge in [-0.05, 0) is 36.4 Å². The number of rotatable bonds is 2. The quantitative estimate of drug-likeness (QED) is 0.813. The van der Waals surface area contributed by atoms with Crippen LogP contribution in [0.25, 0.3) is 5.65 Å². The highest BCUT2D eigenvalue weighted by Crippen LogP contribution is 2.35. The fourth-order valence-corrected chi connectivity index (χ4v) is 3.01. The molecule has 20 heavy (non-hydrogen) atoms. The molecule has 8 nitrogen and oxygen atoms in total. The molecule has 1 spiro atoms.